The summed E-state index contributed by atoms with van der Waals surface area (Å²) in [6.07, 6.45) is 2.33. The van der Waals surface area contributed by atoms with E-state index in [9.17, 15) is 4.79 Å². The summed E-state index contributed by atoms with van der Waals surface area (Å²) in [4.78, 5) is 17.3. The van der Waals surface area contributed by atoms with Crippen molar-refractivity contribution in [3.05, 3.63) is 74.2 Å². The van der Waals surface area contributed by atoms with E-state index in [0.29, 0.717) is 27.3 Å². The molecule has 27 heavy (non-hydrogen) atoms. The first-order valence-corrected chi connectivity index (χ1v) is 9.86. The molecule has 0 fully saturated rings. The Bertz CT molecular complexity index is 972. The van der Waals surface area contributed by atoms with E-state index in [2.05, 4.69) is 10.3 Å². The highest BCUT2D eigenvalue weighted by molar-refractivity contribution is 7.15. The Balaban J connectivity index is 1.57. The molecule has 140 valence electrons. The highest BCUT2D eigenvalue weighted by Crippen LogP contribution is 2.27. The molecule has 0 unspecified atom stereocenters. The molecule has 1 heterocycles. The predicted octanol–water partition coefficient (Wildman–Crippen LogP) is 5.68. The second-order valence-corrected chi connectivity index (χ2v) is 8.11. The molecule has 0 atom stereocenters. The fourth-order valence-electron chi connectivity index (χ4n) is 2.57. The summed E-state index contributed by atoms with van der Waals surface area (Å²) in [5.41, 5.74) is 3.07. The maximum atomic E-state index is 12.1. The van der Waals surface area contributed by atoms with Crippen molar-refractivity contribution in [3.8, 4) is 5.75 Å². The zero-order chi connectivity index (χ0) is 19.4. The molecule has 4 nitrogen and oxygen atoms in total. The number of aromatic nitrogens is 1. The SMILES string of the molecule is Cc1ccc(OCC(=O)Nc2ncc(Cc3cc(Cl)ccc3Cl)s2)c(C)c1. The van der Waals surface area contributed by atoms with E-state index in [1.165, 1.54) is 11.3 Å². The number of nitrogens with zero attached hydrogens (tertiary/aromatic N) is 1. The number of thiazole rings is 1. The van der Waals surface area contributed by atoms with E-state index < -0.39 is 0 Å². The lowest BCUT2D eigenvalue weighted by molar-refractivity contribution is -0.118. The number of anilines is 1. The normalized spacial score (nSPS) is 10.7. The highest BCUT2D eigenvalue weighted by Gasteiger charge is 2.10. The van der Waals surface area contributed by atoms with Crippen LogP contribution in [-0.4, -0.2) is 17.5 Å². The number of hydrogen-bond donors (Lipinski definition) is 1. The third-order valence-corrected chi connectivity index (χ3v) is 5.38. The zero-order valence-electron chi connectivity index (χ0n) is 14.9. The van der Waals surface area contributed by atoms with Crippen molar-refractivity contribution in [2.24, 2.45) is 0 Å². The lowest BCUT2D eigenvalue weighted by Crippen LogP contribution is -2.20. The summed E-state index contributed by atoms with van der Waals surface area (Å²) in [6.45, 7) is 3.90. The van der Waals surface area contributed by atoms with E-state index in [-0.39, 0.29) is 12.5 Å². The average molecular weight is 421 g/mol. The van der Waals surface area contributed by atoms with Crippen molar-refractivity contribution >= 4 is 45.6 Å². The van der Waals surface area contributed by atoms with Crippen molar-refractivity contribution < 1.29 is 9.53 Å². The third kappa shape index (κ3) is 5.45. The minimum atomic E-state index is -0.253. The van der Waals surface area contributed by atoms with Crippen LogP contribution < -0.4 is 10.1 Å². The monoisotopic (exact) mass is 420 g/mol. The summed E-state index contributed by atoms with van der Waals surface area (Å²) in [5, 5.41) is 4.57. The van der Waals surface area contributed by atoms with Crippen LogP contribution in [0.2, 0.25) is 10.0 Å². The summed E-state index contributed by atoms with van der Waals surface area (Å²) < 4.78 is 5.59. The third-order valence-electron chi connectivity index (χ3n) is 3.86. The Hall–Kier alpha value is -2.08. The average Bonchev–Trinajstić information content (AvgIpc) is 3.04. The van der Waals surface area contributed by atoms with Crippen LogP contribution >= 0.6 is 34.5 Å². The molecule has 3 aromatic rings. The van der Waals surface area contributed by atoms with Gasteiger partial charge in [-0.2, -0.15) is 0 Å². The Kier molecular flexibility index (Phi) is 6.37. The van der Waals surface area contributed by atoms with Gasteiger partial charge in [0.05, 0.1) is 0 Å². The first-order chi connectivity index (χ1) is 12.9. The van der Waals surface area contributed by atoms with E-state index in [4.69, 9.17) is 27.9 Å². The van der Waals surface area contributed by atoms with Crippen molar-refractivity contribution in [1.82, 2.24) is 4.98 Å². The van der Waals surface area contributed by atoms with Gasteiger partial charge in [0, 0.05) is 27.5 Å². The predicted molar refractivity (Wildman–Crippen MR) is 111 cm³/mol. The van der Waals surface area contributed by atoms with E-state index >= 15 is 0 Å². The van der Waals surface area contributed by atoms with Crippen LogP contribution in [0.3, 0.4) is 0 Å². The van der Waals surface area contributed by atoms with Gasteiger partial charge in [-0.3, -0.25) is 10.1 Å². The summed E-state index contributed by atoms with van der Waals surface area (Å²) in [6, 6.07) is 11.2. The molecule has 2 aromatic carbocycles. The number of ether oxygens (including phenoxy) is 1. The van der Waals surface area contributed by atoms with Crippen molar-refractivity contribution in [1.29, 1.82) is 0 Å². The van der Waals surface area contributed by atoms with Crippen LogP contribution in [0.1, 0.15) is 21.6 Å². The summed E-state index contributed by atoms with van der Waals surface area (Å²) >= 11 is 13.6. The van der Waals surface area contributed by atoms with Gasteiger partial charge in [0.1, 0.15) is 5.75 Å². The Labute approximate surface area is 172 Å². The standard InChI is InChI=1S/C20H18Cl2N2O2S/c1-12-3-6-18(13(2)7-12)26-11-19(25)24-20-23-10-16(27-20)9-14-8-15(21)4-5-17(14)22/h3-8,10H,9,11H2,1-2H3,(H,23,24,25). The van der Waals surface area contributed by atoms with E-state index in [1.54, 1.807) is 18.3 Å². The number of hydrogen-bond acceptors (Lipinski definition) is 4. The number of carbonyl (C=O) groups is 1. The lowest BCUT2D eigenvalue weighted by atomic mass is 10.1. The number of aryl methyl sites for hydroxylation is 2. The fraction of sp³-hybridized carbons (Fsp3) is 0.200. The minimum Gasteiger partial charge on any atom is -0.483 e. The molecule has 0 aliphatic rings. The largest absolute Gasteiger partial charge is 0.483 e. The van der Waals surface area contributed by atoms with Gasteiger partial charge in [0.25, 0.3) is 5.91 Å². The zero-order valence-corrected chi connectivity index (χ0v) is 17.2. The van der Waals surface area contributed by atoms with Gasteiger partial charge >= 0.3 is 0 Å². The van der Waals surface area contributed by atoms with E-state index in [0.717, 1.165) is 21.6 Å². The summed E-state index contributed by atoms with van der Waals surface area (Å²) in [5.74, 6) is 0.447. The van der Waals surface area contributed by atoms with Crippen LogP contribution in [0, 0.1) is 13.8 Å². The molecule has 0 bridgehead atoms. The molecule has 7 heteroatoms. The molecule has 3 rings (SSSR count). The van der Waals surface area contributed by atoms with Gasteiger partial charge < -0.3 is 4.74 Å². The molecule has 0 aliphatic heterocycles. The number of carbonyl (C=O) groups excluding carboxylic acids is 1. The van der Waals surface area contributed by atoms with Gasteiger partial charge in [-0.1, -0.05) is 40.9 Å². The van der Waals surface area contributed by atoms with Crippen LogP contribution in [0.5, 0.6) is 5.75 Å². The molecule has 1 aromatic heterocycles. The number of nitrogens with one attached hydrogen (secondary N) is 1. The molecule has 0 aliphatic carbocycles. The van der Waals surface area contributed by atoms with Crippen LogP contribution in [0.25, 0.3) is 0 Å². The van der Waals surface area contributed by atoms with Crippen molar-refractivity contribution in [3.63, 3.8) is 0 Å². The van der Waals surface area contributed by atoms with Gasteiger partial charge in [0.15, 0.2) is 11.7 Å². The van der Waals surface area contributed by atoms with Crippen LogP contribution in [0.4, 0.5) is 5.13 Å². The van der Waals surface area contributed by atoms with E-state index in [1.807, 2.05) is 38.1 Å². The number of rotatable bonds is 6. The number of halogens is 2. The molecule has 0 spiro atoms. The molecule has 1 amide bonds. The minimum absolute atomic E-state index is 0.0705. The second-order valence-electron chi connectivity index (χ2n) is 6.15. The second kappa shape index (κ2) is 8.74. The quantitative estimate of drug-likeness (QED) is 0.558. The summed E-state index contributed by atoms with van der Waals surface area (Å²) in [7, 11) is 0. The first kappa shape index (κ1) is 19.7. The smallest absolute Gasteiger partial charge is 0.264 e. The molecule has 0 saturated heterocycles. The Morgan fingerprint density at radius 1 is 1.19 bits per heavy atom. The van der Waals surface area contributed by atoms with Gasteiger partial charge in [-0.05, 0) is 49.2 Å². The Morgan fingerprint density at radius 2 is 2.00 bits per heavy atom. The topological polar surface area (TPSA) is 51.2 Å². The molecular formula is C20H18Cl2N2O2S. The molecule has 0 radical (unpaired) electrons. The fourth-order valence-corrected chi connectivity index (χ4v) is 3.80. The van der Waals surface area contributed by atoms with Gasteiger partial charge in [-0.25, -0.2) is 4.98 Å². The molecular weight excluding hydrogens is 403 g/mol. The lowest BCUT2D eigenvalue weighted by Gasteiger charge is -2.09. The van der Waals surface area contributed by atoms with Gasteiger partial charge in [0.2, 0.25) is 0 Å². The first-order valence-electron chi connectivity index (χ1n) is 8.29. The number of benzene rings is 2. The highest BCUT2D eigenvalue weighted by atomic mass is 35.5. The van der Waals surface area contributed by atoms with Crippen molar-refractivity contribution in [2.75, 3.05) is 11.9 Å². The van der Waals surface area contributed by atoms with Crippen LogP contribution in [-0.2, 0) is 11.2 Å². The number of amides is 1. The Morgan fingerprint density at radius 3 is 2.78 bits per heavy atom. The van der Waals surface area contributed by atoms with Crippen molar-refractivity contribution in [2.45, 2.75) is 20.3 Å². The maximum absolute atomic E-state index is 12.1. The van der Waals surface area contributed by atoms with Gasteiger partial charge in [-0.15, -0.1) is 11.3 Å². The molecule has 1 N–H and O–H groups in total. The van der Waals surface area contributed by atoms with Crippen LogP contribution in [0.15, 0.2) is 42.6 Å². The maximum Gasteiger partial charge on any atom is 0.264 e. The molecule has 0 saturated carbocycles.